The molecule has 0 heterocycles. The van der Waals surface area contributed by atoms with Crippen LogP contribution in [0, 0.1) is 0 Å². The summed E-state index contributed by atoms with van der Waals surface area (Å²) in [6, 6.07) is 0. The molecule has 0 saturated heterocycles. The van der Waals surface area contributed by atoms with Gasteiger partial charge in [-0.1, -0.05) is 26.2 Å². The van der Waals surface area contributed by atoms with E-state index in [1.807, 2.05) is 14.2 Å². The number of nitrogens with one attached hydrogen (secondary N) is 1. The van der Waals surface area contributed by atoms with E-state index in [1.54, 1.807) is 0 Å². The lowest BCUT2D eigenvalue weighted by Crippen LogP contribution is -2.13. The third kappa shape index (κ3) is 8.26. The molecule has 0 aromatic carbocycles. The summed E-state index contributed by atoms with van der Waals surface area (Å²) in [5.41, 5.74) is 0. The molecule has 80 valence electrons. The van der Waals surface area contributed by atoms with Gasteiger partial charge in [-0.3, -0.25) is 0 Å². The number of methoxy groups -OCH3 is 1. The summed E-state index contributed by atoms with van der Waals surface area (Å²) in [7, 11) is 3.78. The molecule has 0 unspecified atom stereocenters. The zero-order valence-corrected chi connectivity index (χ0v) is 9.44. The maximum Gasteiger partial charge on any atom is 0.0571 e. The topological polar surface area (TPSA) is 21.3 Å². The number of hydrogen-bond donors (Lipinski definition) is 1. The van der Waals surface area contributed by atoms with Crippen molar-refractivity contribution >= 4 is 0 Å². The fraction of sp³-hybridized carbons (Fsp3) is 1.00. The lowest BCUT2D eigenvalue weighted by Gasteiger charge is -2.19. The van der Waals surface area contributed by atoms with Crippen molar-refractivity contribution in [2.45, 2.75) is 51.6 Å². The second-order valence-corrected chi connectivity index (χ2v) is 3.60. The quantitative estimate of drug-likeness (QED) is 0.733. The Morgan fingerprint density at radius 3 is 2.08 bits per heavy atom. The van der Waals surface area contributed by atoms with Crippen LogP contribution in [-0.4, -0.2) is 26.8 Å². The molecule has 13 heavy (non-hydrogen) atoms. The fourth-order valence-electron chi connectivity index (χ4n) is 1.55. The molecular weight excluding hydrogens is 162 g/mol. The van der Waals surface area contributed by atoms with Gasteiger partial charge in [0, 0.05) is 7.11 Å². The van der Waals surface area contributed by atoms with Crippen molar-refractivity contribution < 1.29 is 4.74 Å². The highest BCUT2D eigenvalue weighted by atomic mass is 16.5. The van der Waals surface area contributed by atoms with Gasteiger partial charge >= 0.3 is 0 Å². The highest BCUT2D eigenvalue weighted by Gasteiger charge is 2.10. The van der Waals surface area contributed by atoms with Crippen LogP contribution in [-0.2, 0) is 4.74 Å². The van der Waals surface area contributed by atoms with Crippen molar-refractivity contribution in [1.29, 1.82) is 0 Å². The predicted octanol–water partition coefficient (Wildman–Crippen LogP) is 2.58. The monoisotopic (exact) mass is 187 g/mol. The average Bonchev–Trinajstić information content (AvgIpc) is 2.21. The van der Waals surface area contributed by atoms with Crippen molar-refractivity contribution in [1.82, 2.24) is 5.32 Å². The Bertz CT molecular complexity index is 88.1. The standard InChI is InChI=1S/C7H14O.C4H11N/c1-8-7-5-3-2-4-6-7;1-3-4-5-2/h7H,2-6H2,1H3;5H,3-4H2,1-2H3. The van der Waals surface area contributed by atoms with Crippen LogP contribution in [0.15, 0.2) is 0 Å². The molecule has 0 atom stereocenters. The van der Waals surface area contributed by atoms with Crippen LogP contribution < -0.4 is 5.32 Å². The molecule has 1 aliphatic carbocycles. The first-order valence-electron chi connectivity index (χ1n) is 5.52. The first-order valence-corrected chi connectivity index (χ1v) is 5.52. The van der Waals surface area contributed by atoms with Gasteiger partial charge in [-0.2, -0.15) is 0 Å². The Labute approximate surface area is 83.1 Å². The molecular formula is C11H25NO. The van der Waals surface area contributed by atoms with Gasteiger partial charge in [0.1, 0.15) is 0 Å². The fourth-order valence-corrected chi connectivity index (χ4v) is 1.55. The highest BCUT2D eigenvalue weighted by Crippen LogP contribution is 2.18. The summed E-state index contributed by atoms with van der Waals surface area (Å²) in [6.07, 6.45) is 8.56. The molecule has 1 rings (SSSR count). The summed E-state index contributed by atoms with van der Waals surface area (Å²) >= 11 is 0. The number of rotatable bonds is 3. The second kappa shape index (κ2) is 10.0. The first-order chi connectivity index (χ1) is 6.35. The summed E-state index contributed by atoms with van der Waals surface area (Å²) in [4.78, 5) is 0. The minimum atomic E-state index is 0.587. The minimum Gasteiger partial charge on any atom is -0.381 e. The van der Waals surface area contributed by atoms with Gasteiger partial charge in [0.2, 0.25) is 0 Å². The van der Waals surface area contributed by atoms with E-state index in [4.69, 9.17) is 4.74 Å². The Morgan fingerprint density at radius 2 is 1.85 bits per heavy atom. The largest absolute Gasteiger partial charge is 0.381 e. The Morgan fingerprint density at radius 1 is 1.23 bits per heavy atom. The molecule has 0 amide bonds. The van der Waals surface area contributed by atoms with E-state index in [0.717, 1.165) is 6.54 Å². The molecule has 2 nitrogen and oxygen atoms in total. The van der Waals surface area contributed by atoms with E-state index in [1.165, 1.54) is 38.5 Å². The van der Waals surface area contributed by atoms with Gasteiger partial charge in [0.25, 0.3) is 0 Å². The second-order valence-electron chi connectivity index (χ2n) is 3.60. The van der Waals surface area contributed by atoms with Crippen molar-refractivity contribution in [2.24, 2.45) is 0 Å². The summed E-state index contributed by atoms with van der Waals surface area (Å²) in [5.74, 6) is 0. The molecule has 0 radical (unpaired) electrons. The zero-order chi connectivity index (χ0) is 9.94. The number of hydrogen-bond acceptors (Lipinski definition) is 2. The molecule has 0 aromatic heterocycles. The summed E-state index contributed by atoms with van der Waals surface area (Å²) in [5, 5.41) is 3.02. The zero-order valence-electron chi connectivity index (χ0n) is 9.44. The lowest BCUT2D eigenvalue weighted by molar-refractivity contribution is 0.0710. The third-order valence-corrected chi connectivity index (χ3v) is 2.39. The van der Waals surface area contributed by atoms with Crippen LogP contribution in [0.3, 0.4) is 0 Å². The van der Waals surface area contributed by atoms with E-state index in [-0.39, 0.29) is 0 Å². The first kappa shape index (κ1) is 12.9. The maximum atomic E-state index is 5.19. The van der Waals surface area contributed by atoms with Crippen LogP contribution in [0.4, 0.5) is 0 Å². The van der Waals surface area contributed by atoms with Crippen LogP contribution in [0.5, 0.6) is 0 Å². The van der Waals surface area contributed by atoms with Crippen molar-refractivity contribution in [3.05, 3.63) is 0 Å². The molecule has 0 aliphatic heterocycles. The highest BCUT2D eigenvalue weighted by molar-refractivity contribution is 4.63. The predicted molar refractivity (Wildman–Crippen MR) is 58.1 cm³/mol. The van der Waals surface area contributed by atoms with Crippen molar-refractivity contribution in [3.63, 3.8) is 0 Å². The van der Waals surface area contributed by atoms with Crippen molar-refractivity contribution in [2.75, 3.05) is 20.7 Å². The molecule has 1 aliphatic rings. The van der Waals surface area contributed by atoms with Gasteiger partial charge in [0.15, 0.2) is 0 Å². The average molecular weight is 187 g/mol. The van der Waals surface area contributed by atoms with E-state index < -0.39 is 0 Å². The van der Waals surface area contributed by atoms with Crippen molar-refractivity contribution in [3.8, 4) is 0 Å². The van der Waals surface area contributed by atoms with Crippen LogP contribution in [0.25, 0.3) is 0 Å². The lowest BCUT2D eigenvalue weighted by atomic mass is 9.98. The molecule has 1 saturated carbocycles. The Hall–Kier alpha value is -0.0800. The smallest absolute Gasteiger partial charge is 0.0571 e. The van der Waals surface area contributed by atoms with E-state index in [9.17, 15) is 0 Å². The van der Waals surface area contributed by atoms with Crippen LogP contribution in [0.2, 0.25) is 0 Å². The SMILES string of the molecule is CCCNC.COC1CCCCC1. The van der Waals surface area contributed by atoms with Crippen LogP contribution >= 0.6 is 0 Å². The molecule has 1 fully saturated rings. The summed E-state index contributed by atoms with van der Waals surface area (Å²) < 4.78 is 5.19. The van der Waals surface area contributed by atoms with E-state index in [0.29, 0.717) is 6.10 Å². The van der Waals surface area contributed by atoms with Crippen LogP contribution in [0.1, 0.15) is 45.4 Å². The van der Waals surface area contributed by atoms with E-state index in [2.05, 4.69) is 12.2 Å². The van der Waals surface area contributed by atoms with Gasteiger partial charge in [-0.05, 0) is 32.9 Å². The Balaban J connectivity index is 0.000000252. The van der Waals surface area contributed by atoms with Gasteiger partial charge in [-0.15, -0.1) is 0 Å². The molecule has 0 bridgehead atoms. The minimum absolute atomic E-state index is 0.587. The maximum absolute atomic E-state index is 5.19. The van der Waals surface area contributed by atoms with Gasteiger partial charge in [0.05, 0.1) is 6.10 Å². The molecule has 0 aromatic rings. The van der Waals surface area contributed by atoms with E-state index >= 15 is 0 Å². The third-order valence-electron chi connectivity index (χ3n) is 2.39. The van der Waals surface area contributed by atoms with Gasteiger partial charge < -0.3 is 10.1 Å². The molecule has 1 N–H and O–H groups in total. The van der Waals surface area contributed by atoms with Gasteiger partial charge in [-0.25, -0.2) is 0 Å². The Kier molecular flexibility index (Phi) is 9.94. The molecule has 0 spiro atoms. The summed E-state index contributed by atoms with van der Waals surface area (Å²) in [6.45, 7) is 3.29. The number of ether oxygens (including phenoxy) is 1. The normalized spacial score (nSPS) is 17.8. The molecule has 2 heteroatoms.